The van der Waals surface area contributed by atoms with E-state index in [0.717, 1.165) is 0 Å². The Labute approximate surface area is 129 Å². The van der Waals surface area contributed by atoms with E-state index in [4.69, 9.17) is 5.73 Å². The highest BCUT2D eigenvalue weighted by atomic mass is 32.2. The van der Waals surface area contributed by atoms with Crippen LogP contribution in [0.15, 0.2) is 42.5 Å². The predicted octanol–water partition coefficient (Wildman–Crippen LogP) is 4.47. The first-order chi connectivity index (χ1) is 9.79. The van der Waals surface area contributed by atoms with Gasteiger partial charge in [-0.05, 0) is 28.8 Å². The summed E-state index contributed by atoms with van der Waals surface area (Å²) < 4.78 is 0. The maximum Gasteiger partial charge on any atom is 0.0426 e. The number of hydrogen-bond acceptors (Lipinski definition) is 3. The highest BCUT2D eigenvalue weighted by Gasteiger charge is 2.30. The van der Waals surface area contributed by atoms with E-state index in [1.807, 2.05) is 0 Å². The van der Waals surface area contributed by atoms with E-state index in [0.29, 0.717) is 10.5 Å². The SMILES string of the molecule is CCC1SCCSC1C(N)c1ccc2ccccc2c1. The van der Waals surface area contributed by atoms with Crippen LogP contribution in [-0.4, -0.2) is 22.0 Å². The Morgan fingerprint density at radius 3 is 2.65 bits per heavy atom. The van der Waals surface area contributed by atoms with Gasteiger partial charge in [-0.25, -0.2) is 0 Å². The van der Waals surface area contributed by atoms with Crippen molar-refractivity contribution in [3.63, 3.8) is 0 Å². The van der Waals surface area contributed by atoms with E-state index in [9.17, 15) is 0 Å². The molecule has 3 atom stereocenters. The quantitative estimate of drug-likeness (QED) is 0.906. The molecule has 0 aromatic heterocycles. The van der Waals surface area contributed by atoms with Crippen LogP contribution in [0.2, 0.25) is 0 Å². The molecule has 0 saturated carbocycles. The molecule has 3 rings (SSSR count). The summed E-state index contributed by atoms with van der Waals surface area (Å²) in [6.07, 6.45) is 1.21. The number of fused-ring (bicyclic) bond motifs is 1. The van der Waals surface area contributed by atoms with Crippen molar-refractivity contribution in [2.24, 2.45) is 5.73 Å². The van der Waals surface area contributed by atoms with Crippen molar-refractivity contribution < 1.29 is 0 Å². The van der Waals surface area contributed by atoms with E-state index in [1.165, 1.54) is 34.3 Å². The van der Waals surface area contributed by atoms with Crippen LogP contribution in [0, 0.1) is 0 Å². The highest BCUT2D eigenvalue weighted by Crippen LogP contribution is 2.39. The summed E-state index contributed by atoms with van der Waals surface area (Å²) in [5.74, 6) is 2.50. The molecule has 3 heteroatoms. The van der Waals surface area contributed by atoms with Crippen LogP contribution < -0.4 is 5.73 Å². The first kappa shape index (κ1) is 14.3. The predicted molar refractivity (Wildman–Crippen MR) is 93.7 cm³/mol. The maximum absolute atomic E-state index is 6.59. The van der Waals surface area contributed by atoms with E-state index in [2.05, 4.69) is 72.9 Å². The molecule has 1 heterocycles. The van der Waals surface area contributed by atoms with Gasteiger partial charge in [0.2, 0.25) is 0 Å². The molecule has 3 unspecified atom stereocenters. The summed E-state index contributed by atoms with van der Waals surface area (Å²) in [5.41, 5.74) is 7.87. The molecule has 2 N–H and O–H groups in total. The van der Waals surface area contributed by atoms with Crippen molar-refractivity contribution in [3.05, 3.63) is 48.0 Å². The Balaban J connectivity index is 1.89. The van der Waals surface area contributed by atoms with Crippen LogP contribution in [0.4, 0.5) is 0 Å². The third-order valence-corrected chi connectivity index (χ3v) is 7.38. The molecule has 20 heavy (non-hydrogen) atoms. The van der Waals surface area contributed by atoms with Crippen LogP contribution in [0.25, 0.3) is 10.8 Å². The van der Waals surface area contributed by atoms with Crippen LogP contribution in [-0.2, 0) is 0 Å². The number of thioether (sulfide) groups is 2. The summed E-state index contributed by atoms with van der Waals surface area (Å²) in [5, 5.41) is 3.82. The Morgan fingerprint density at radius 2 is 1.85 bits per heavy atom. The van der Waals surface area contributed by atoms with Crippen LogP contribution in [0.5, 0.6) is 0 Å². The molecule has 2 aromatic rings. The number of nitrogens with two attached hydrogens (primary N) is 1. The summed E-state index contributed by atoms with van der Waals surface area (Å²) in [4.78, 5) is 0. The van der Waals surface area contributed by atoms with Crippen molar-refractivity contribution in [2.75, 3.05) is 11.5 Å². The van der Waals surface area contributed by atoms with Gasteiger partial charge in [0.25, 0.3) is 0 Å². The lowest BCUT2D eigenvalue weighted by atomic mass is 9.98. The van der Waals surface area contributed by atoms with Crippen LogP contribution >= 0.6 is 23.5 Å². The molecular weight excluding hydrogens is 282 g/mol. The van der Waals surface area contributed by atoms with Gasteiger partial charge in [-0.1, -0.05) is 43.3 Å². The lowest BCUT2D eigenvalue weighted by Gasteiger charge is -2.34. The Hall–Kier alpha value is -0.640. The fraction of sp³-hybridized carbons (Fsp3) is 0.412. The number of rotatable bonds is 3. The third-order valence-electron chi connectivity index (χ3n) is 4.01. The van der Waals surface area contributed by atoms with Crippen LogP contribution in [0.3, 0.4) is 0 Å². The minimum absolute atomic E-state index is 0.141. The fourth-order valence-electron chi connectivity index (χ4n) is 2.88. The molecule has 2 aromatic carbocycles. The van der Waals surface area contributed by atoms with Gasteiger partial charge in [0, 0.05) is 28.0 Å². The first-order valence-electron chi connectivity index (χ1n) is 7.27. The topological polar surface area (TPSA) is 26.0 Å². The van der Waals surface area contributed by atoms with Crippen LogP contribution in [0.1, 0.15) is 24.9 Å². The molecule has 1 fully saturated rings. The monoisotopic (exact) mass is 303 g/mol. The van der Waals surface area contributed by atoms with Crippen molar-refractivity contribution in [2.45, 2.75) is 29.9 Å². The fourth-order valence-corrected chi connectivity index (χ4v) is 6.06. The largest absolute Gasteiger partial charge is 0.323 e. The zero-order valence-electron chi connectivity index (χ0n) is 11.8. The zero-order valence-corrected chi connectivity index (χ0v) is 13.4. The normalized spacial score (nSPS) is 24.7. The lowest BCUT2D eigenvalue weighted by molar-refractivity contribution is 0.631. The summed E-state index contributed by atoms with van der Waals surface area (Å²) >= 11 is 4.16. The van der Waals surface area contributed by atoms with E-state index >= 15 is 0 Å². The Kier molecular flexibility index (Phi) is 4.59. The molecule has 1 saturated heterocycles. The molecular formula is C17H21NS2. The summed E-state index contributed by atoms with van der Waals surface area (Å²) in [7, 11) is 0. The van der Waals surface area contributed by atoms with E-state index in [-0.39, 0.29) is 6.04 Å². The van der Waals surface area contributed by atoms with Crippen molar-refractivity contribution >= 4 is 34.3 Å². The lowest BCUT2D eigenvalue weighted by Crippen LogP contribution is -2.35. The molecule has 0 radical (unpaired) electrons. The van der Waals surface area contributed by atoms with E-state index in [1.54, 1.807) is 0 Å². The summed E-state index contributed by atoms with van der Waals surface area (Å²) in [6, 6.07) is 15.3. The minimum atomic E-state index is 0.141. The number of hydrogen-bond donors (Lipinski definition) is 1. The zero-order chi connectivity index (χ0) is 13.9. The Bertz CT molecular complexity index is 584. The standard InChI is InChI=1S/C17H21NS2/c1-2-15-17(20-10-9-19-15)16(18)14-8-7-12-5-3-4-6-13(12)11-14/h3-8,11,15-17H,2,9-10,18H2,1H3. The second-order valence-electron chi connectivity index (χ2n) is 5.29. The van der Waals surface area contributed by atoms with Gasteiger partial charge >= 0.3 is 0 Å². The minimum Gasteiger partial charge on any atom is -0.323 e. The molecule has 0 spiro atoms. The van der Waals surface area contributed by atoms with Gasteiger partial charge in [0.05, 0.1) is 0 Å². The van der Waals surface area contributed by atoms with Gasteiger partial charge in [-0.15, -0.1) is 0 Å². The molecule has 0 amide bonds. The van der Waals surface area contributed by atoms with Gasteiger partial charge in [0.15, 0.2) is 0 Å². The average molecular weight is 303 g/mol. The second kappa shape index (κ2) is 6.42. The molecule has 0 bridgehead atoms. The van der Waals surface area contributed by atoms with E-state index < -0.39 is 0 Å². The summed E-state index contributed by atoms with van der Waals surface area (Å²) in [6.45, 7) is 2.28. The van der Waals surface area contributed by atoms with Gasteiger partial charge in [-0.2, -0.15) is 23.5 Å². The molecule has 0 aliphatic carbocycles. The number of benzene rings is 2. The van der Waals surface area contributed by atoms with Gasteiger partial charge in [0.1, 0.15) is 0 Å². The maximum atomic E-state index is 6.59. The first-order valence-corrected chi connectivity index (χ1v) is 9.37. The van der Waals surface area contributed by atoms with Crippen molar-refractivity contribution in [1.29, 1.82) is 0 Å². The molecule has 1 aliphatic heterocycles. The third kappa shape index (κ3) is 2.85. The van der Waals surface area contributed by atoms with Gasteiger partial charge in [-0.3, -0.25) is 0 Å². The smallest absolute Gasteiger partial charge is 0.0426 e. The molecule has 1 nitrogen and oxygen atoms in total. The highest BCUT2D eigenvalue weighted by molar-refractivity contribution is 8.07. The van der Waals surface area contributed by atoms with Crippen molar-refractivity contribution in [3.8, 4) is 0 Å². The average Bonchev–Trinajstić information content (AvgIpc) is 2.53. The van der Waals surface area contributed by atoms with Gasteiger partial charge < -0.3 is 5.73 Å². The molecule has 1 aliphatic rings. The van der Waals surface area contributed by atoms with Crippen molar-refractivity contribution in [1.82, 2.24) is 0 Å². The second-order valence-corrected chi connectivity index (χ2v) is 7.92. The molecule has 106 valence electrons. The Morgan fingerprint density at radius 1 is 1.10 bits per heavy atom.